The Hall–Kier alpha value is -5.03. The second-order valence-corrected chi connectivity index (χ2v) is 20.2. The van der Waals surface area contributed by atoms with Gasteiger partial charge in [0, 0.05) is 38.3 Å². The van der Waals surface area contributed by atoms with Gasteiger partial charge in [-0.1, -0.05) is 54.6 Å². The minimum Gasteiger partial charge on any atom is -0.497 e. The summed E-state index contributed by atoms with van der Waals surface area (Å²) >= 11 is 5.89. The van der Waals surface area contributed by atoms with Crippen LogP contribution in [0.4, 0.5) is 5.82 Å². The maximum absolute atomic E-state index is 14.0. The predicted octanol–water partition coefficient (Wildman–Crippen LogP) is 6.19. The standard InChI is InChI=1S/C46H57N6O11PS2/c1-31(2)52(32(3)4)64(60-27-11-23-47)63-41-39(30-59-46(34-12-9-8-10-13-34,35-14-18-37(57-6)19-15-35)36-16-20-38(58-7)21-17-36)61-43(51-24-22-40(48-33(5)53)49-44(51)54)42(41)62-45(65)50-25-28-66(55,56)29-26-50/h8-10,12-22,24,31-32,39,41-43H,11,25-30H2,1-7H3,(H,48,49,53,54)/t39-,41-,42-,43-,64?/m1/s1. The van der Waals surface area contributed by atoms with E-state index < -0.39 is 60.1 Å². The van der Waals surface area contributed by atoms with E-state index in [9.17, 15) is 23.3 Å². The summed E-state index contributed by atoms with van der Waals surface area (Å²) in [7, 11) is -2.06. The topological polar surface area (TPSA) is 193 Å². The SMILES string of the molecule is COc1ccc(C(OC[C@H]2O[C@@H](n3ccc(NC(C)=O)nc3=O)[C@H](OC(=S)N3CCS(=O)(=O)CC3)[C@@H]2OP(OCCC#N)N(C(C)C)C(C)C)(c2ccccc2)c2ccc(OC)cc2)cc1. The van der Waals surface area contributed by atoms with Crippen molar-refractivity contribution in [2.24, 2.45) is 0 Å². The van der Waals surface area contributed by atoms with Crippen LogP contribution in [-0.4, -0.2) is 121 Å². The fourth-order valence-corrected chi connectivity index (χ4v) is 11.2. The molecule has 17 nitrogen and oxygen atoms in total. The van der Waals surface area contributed by atoms with Crippen molar-refractivity contribution in [3.05, 3.63) is 118 Å². The van der Waals surface area contributed by atoms with Gasteiger partial charge in [-0.2, -0.15) is 10.2 Å². The van der Waals surface area contributed by atoms with Gasteiger partial charge in [0.1, 0.15) is 35.1 Å². The van der Waals surface area contributed by atoms with Crippen LogP contribution in [0.5, 0.6) is 11.5 Å². The van der Waals surface area contributed by atoms with Crippen LogP contribution < -0.4 is 20.5 Å². The zero-order valence-corrected chi connectivity index (χ0v) is 40.6. The van der Waals surface area contributed by atoms with Gasteiger partial charge in [-0.05, 0) is 86.9 Å². The van der Waals surface area contributed by atoms with Gasteiger partial charge in [-0.3, -0.25) is 9.36 Å². The Morgan fingerprint density at radius 1 is 0.939 bits per heavy atom. The van der Waals surface area contributed by atoms with E-state index >= 15 is 0 Å². The molecule has 0 bridgehead atoms. The number of carbonyl (C=O) groups excluding carboxylic acids is 1. The van der Waals surface area contributed by atoms with Gasteiger partial charge in [0.15, 0.2) is 22.2 Å². The molecule has 1 aromatic heterocycles. The molecule has 0 saturated carbocycles. The number of sulfone groups is 1. The number of thiocarbonyl (C=S) groups is 1. The van der Waals surface area contributed by atoms with Crippen LogP contribution in [-0.2, 0) is 43.5 Å². The third kappa shape index (κ3) is 11.9. The van der Waals surface area contributed by atoms with E-state index in [1.54, 1.807) is 19.1 Å². The Balaban J connectivity index is 1.52. The Morgan fingerprint density at radius 3 is 2.03 bits per heavy atom. The maximum Gasteiger partial charge on any atom is 0.351 e. The number of nitrogens with zero attached hydrogens (tertiary/aromatic N) is 5. The molecule has 1 N–H and O–H groups in total. The summed E-state index contributed by atoms with van der Waals surface area (Å²) in [5, 5.41) is 12.1. The van der Waals surface area contributed by atoms with Crippen LogP contribution in [0.15, 0.2) is 95.9 Å². The highest BCUT2D eigenvalue weighted by Crippen LogP contribution is 2.51. The van der Waals surface area contributed by atoms with Crippen LogP contribution >= 0.6 is 20.7 Å². The minimum atomic E-state index is -3.28. The second kappa shape index (κ2) is 22.6. The fourth-order valence-electron chi connectivity index (χ4n) is 7.94. The van der Waals surface area contributed by atoms with Gasteiger partial charge < -0.3 is 42.9 Å². The summed E-state index contributed by atoms with van der Waals surface area (Å²) in [6.07, 6.45) is -3.07. The number of benzene rings is 3. The van der Waals surface area contributed by atoms with Crippen LogP contribution in [0.1, 0.15) is 64.0 Å². The lowest BCUT2D eigenvalue weighted by Crippen LogP contribution is -2.48. The Bertz CT molecular complexity index is 2400. The number of ether oxygens (including phenoxy) is 5. The molecule has 66 heavy (non-hydrogen) atoms. The van der Waals surface area contributed by atoms with Gasteiger partial charge >= 0.3 is 5.69 Å². The van der Waals surface area contributed by atoms with Gasteiger partial charge in [-0.15, -0.1) is 0 Å². The number of amides is 1. The highest BCUT2D eigenvalue weighted by Gasteiger charge is 2.53. The predicted molar refractivity (Wildman–Crippen MR) is 253 cm³/mol. The molecule has 6 rings (SSSR count). The van der Waals surface area contributed by atoms with E-state index in [0.29, 0.717) is 11.5 Å². The summed E-state index contributed by atoms with van der Waals surface area (Å²) in [6, 6.07) is 28.3. The van der Waals surface area contributed by atoms with Crippen LogP contribution in [0.3, 0.4) is 0 Å². The number of aromatic nitrogens is 2. The van der Waals surface area contributed by atoms with Crippen molar-refractivity contribution in [2.75, 3.05) is 57.3 Å². The molecular formula is C46H57N6O11PS2. The quantitative estimate of drug-likeness (QED) is 0.0484. The molecule has 2 fully saturated rings. The summed E-state index contributed by atoms with van der Waals surface area (Å²) < 4.78 is 73.9. The molecule has 0 aliphatic carbocycles. The monoisotopic (exact) mass is 964 g/mol. The Kier molecular flexibility index (Phi) is 17.3. The third-order valence-electron chi connectivity index (χ3n) is 11.0. The van der Waals surface area contributed by atoms with E-state index in [4.69, 9.17) is 44.9 Å². The number of hydrogen-bond donors (Lipinski definition) is 1. The molecule has 20 heteroatoms. The highest BCUT2D eigenvalue weighted by atomic mass is 32.2. The van der Waals surface area contributed by atoms with Crippen LogP contribution in [0.2, 0.25) is 0 Å². The lowest BCUT2D eigenvalue weighted by Gasteiger charge is -2.39. The average Bonchev–Trinajstić information content (AvgIpc) is 3.62. The molecule has 0 spiro atoms. The molecule has 0 radical (unpaired) electrons. The normalized spacial score (nSPS) is 19.9. The number of methoxy groups -OCH3 is 2. The average molecular weight is 965 g/mol. The summed E-state index contributed by atoms with van der Waals surface area (Å²) in [4.78, 5) is 31.7. The number of anilines is 1. The van der Waals surface area contributed by atoms with Gasteiger partial charge in [0.25, 0.3) is 13.7 Å². The molecule has 2 saturated heterocycles. The molecule has 2 aliphatic heterocycles. The van der Waals surface area contributed by atoms with E-state index in [2.05, 4.69) is 21.0 Å². The Labute approximate surface area is 392 Å². The molecule has 3 heterocycles. The largest absolute Gasteiger partial charge is 0.497 e. The number of hydrogen-bond acceptors (Lipinski definition) is 15. The highest BCUT2D eigenvalue weighted by molar-refractivity contribution is 7.91. The zero-order chi connectivity index (χ0) is 47.6. The number of rotatable bonds is 19. The first kappa shape index (κ1) is 50.4. The van der Waals surface area contributed by atoms with E-state index in [1.165, 1.54) is 23.8 Å². The molecule has 3 aromatic carbocycles. The number of carbonyl (C=O) groups is 1. The first-order chi connectivity index (χ1) is 31.6. The first-order valence-electron chi connectivity index (χ1n) is 21.5. The van der Waals surface area contributed by atoms with Crippen molar-refractivity contribution in [3.8, 4) is 17.6 Å². The van der Waals surface area contributed by atoms with Crippen molar-refractivity contribution >= 4 is 47.5 Å². The molecule has 354 valence electrons. The molecule has 2 aliphatic rings. The molecule has 1 amide bonds. The molecule has 4 aromatic rings. The lowest BCUT2D eigenvalue weighted by molar-refractivity contribution is -0.114. The van der Waals surface area contributed by atoms with Crippen molar-refractivity contribution in [2.45, 2.75) is 83.3 Å². The van der Waals surface area contributed by atoms with E-state index in [-0.39, 0.29) is 67.3 Å². The molecular weight excluding hydrogens is 908 g/mol. The van der Waals surface area contributed by atoms with Crippen molar-refractivity contribution in [1.29, 1.82) is 5.26 Å². The van der Waals surface area contributed by atoms with Gasteiger partial charge in [-0.25, -0.2) is 17.9 Å². The van der Waals surface area contributed by atoms with Crippen molar-refractivity contribution in [1.82, 2.24) is 19.1 Å². The van der Waals surface area contributed by atoms with E-state index in [0.717, 1.165) is 16.7 Å². The van der Waals surface area contributed by atoms with Gasteiger partial charge in [0.2, 0.25) is 5.91 Å². The smallest absolute Gasteiger partial charge is 0.351 e. The minimum absolute atomic E-state index is 0.0241. The molecule has 1 unspecified atom stereocenters. The number of nitriles is 1. The Morgan fingerprint density at radius 2 is 1.52 bits per heavy atom. The first-order valence-corrected chi connectivity index (χ1v) is 24.9. The van der Waals surface area contributed by atoms with Crippen LogP contribution in [0.25, 0.3) is 0 Å². The van der Waals surface area contributed by atoms with E-state index in [1.807, 2.05) is 107 Å². The van der Waals surface area contributed by atoms with Crippen LogP contribution in [0, 0.1) is 11.3 Å². The third-order valence-corrected chi connectivity index (χ3v) is 15.1. The zero-order valence-electron chi connectivity index (χ0n) is 38.1. The van der Waals surface area contributed by atoms with Gasteiger partial charge in [0.05, 0.1) is 51.4 Å². The summed E-state index contributed by atoms with van der Waals surface area (Å²) in [6.45, 7) is 9.39. The van der Waals surface area contributed by atoms with Crippen molar-refractivity contribution in [3.63, 3.8) is 0 Å². The van der Waals surface area contributed by atoms with Crippen molar-refractivity contribution < 1.29 is 45.9 Å². The second-order valence-electron chi connectivity index (χ2n) is 16.2. The maximum atomic E-state index is 14.0. The summed E-state index contributed by atoms with van der Waals surface area (Å²) in [5.74, 6) is 0.641. The molecule has 5 atom stereocenters. The lowest BCUT2D eigenvalue weighted by atomic mass is 9.80. The fraction of sp³-hybridized carbons (Fsp3) is 0.457. The number of nitrogens with one attached hydrogen (secondary N) is 1. The summed E-state index contributed by atoms with van der Waals surface area (Å²) in [5.41, 5.74) is 0.211.